The van der Waals surface area contributed by atoms with Gasteiger partial charge < -0.3 is 20.1 Å². The van der Waals surface area contributed by atoms with E-state index < -0.39 is 0 Å². The summed E-state index contributed by atoms with van der Waals surface area (Å²) in [6, 6.07) is 0.242. The number of nitrogens with zero attached hydrogens (tertiary/aromatic N) is 3. The maximum absolute atomic E-state index is 12.2. The lowest BCUT2D eigenvalue weighted by Crippen LogP contribution is -2.50. The van der Waals surface area contributed by atoms with Crippen molar-refractivity contribution in [2.24, 2.45) is 0 Å². The van der Waals surface area contributed by atoms with Crippen LogP contribution < -0.4 is 5.32 Å². The second-order valence-corrected chi connectivity index (χ2v) is 5.96. The molecule has 0 spiro atoms. The summed E-state index contributed by atoms with van der Waals surface area (Å²) >= 11 is 0. The van der Waals surface area contributed by atoms with Gasteiger partial charge in [-0.25, -0.2) is 9.78 Å². The van der Waals surface area contributed by atoms with Crippen LogP contribution in [-0.2, 0) is 6.54 Å². The van der Waals surface area contributed by atoms with E-state index in [-0.39, 0.29) is 12.1 Å². The zero-order chi connectivity index (χ0) is 15.2. The summed E-state index contributed by atoms with van der Waals surface area (Å²) in [7, 11) is 1.81. The van der Waals surface area contributed by atoms with Crippen molar-refractivity contribution in [3.63, 3.8) is 0 Å². The van der Waals surface area contributed by atoms with Crippen LogP contribution in [0.25, 0.3) is 0 Å². The molecule has 1 aliphatic heterocycles. The Morgan fingerprint density at radius 1 is 1.62 bits per heavy atom. The van der Waals surface area contributed by atoms with Crippen molar-refractivity contribution in [2.75, 3.05) is 26.7 Å². The minimum absolute atomic E-state index is 0.0209. The third-order valence-corrected chi connectivity index (χ3v) is 3.86. The first-order chi connectivity index (χ1) is 10.1. The number of H-pyrrole nitrogens is 1. The Labute approximate surface area is 126 Å². The molecule has 2 rings (SSSR count). The molecule has 118 valence electrons. The molecule has 0 aliphatic carbocycles. The van der Waals surface area contributed by atoms with E-state index in [4.69, 9.17) is 0 Å². The summed E-state index contributed by atoms with van der Waals surface area (Å²) in [4.78, 5) is 23.7. The van der Waals surface area contributed by atoms with Crippen molar-refractivity contribution in [2.45, 2.75) is 45.7 Å². The summed E-state index contributed by atoms with van der Waals surface area (Å²) in [5, 5.41) is 3.14. The molecule has 1 aromatic rings. The van der Waals surface area contributed by atoms with Crippen molar-refractivity contribution in [1.82, 2.24) is 25.1 Å². The van der Waals surface area contributed by atoms with Crippen molar-refractivity contribution in [3.8, 4) is 0 Å². The predicted octanol–water partition coefficient (Wildman–Crippen LogP) is 1.73. The number of amides is 2. The fraction of sp³-hybridized carbons (Fsp3) is 0.733. The normalized spacial score (nSPS) is 19.5. The lowest BCUT2D eigenvalue weighted by Gasteiger charge is -2.33. The Hall–Kier alpha value is -1.56. The second-order valence-electron chi connectivity index (χ2n) is 5.96. The molecule has 2 heterocycles. The van der Waals surface area contributed by atoms with Gasteiger partial charge in [0, 0.05) is 31.5 Å². The van der Waals surface area contributed by atoms with E-state index in [1.807, 2.05) is 6.92 Å². The molecular formula is C15H27N5O. The molecule has 1 aliphatic rings. The van der Waals surface area contributed by atoms with Crippen LogP contribution in [0.15, 0.2) is 6.20 Å². The van der Waals surface area contributed by atoms with Gasteiger partial charge in [0.15, 0.2) is 0 Å². The quantitative estimate of drug-likeness (QED) is 0.869. The summed E-state index contributed by atoms with van der Waals surface area (Å²) in [6.45, 7) is 7.90. The van der Waals surface area contributed by atoms with Crippen LogP contribution in [0, 0.1) is 6.92 Å². The number of piperidine rings is 1. The number of hydrogen-bond acceptors (Lipinski definition) is 3. The van der Waals surface area contributed by atoms with Crippen molar-refractivity contribution in [1.29, 1.82) is 0 Å². The van der Waals surface area contributed by atoms with E-state index in [0.717, 1.165) is 44.0 Å². The average Bonchev–Trinajstić information content (AvgIpc) is 2.85. The number of likely N-dealkylation sites (tertiary alicyclic amines) is 1. The zero-order valence-corrected chi connectivity index (χ0v) is 13.4. The molecule has 1 atom stereocenters. The molecule has 1 aromatic heterocycles. The first-order valence-electron chi connectivity index (χ1n) is 7.83. The van der Waals surface area contributed by atoms with E-state index in [9.17, 15) is 4.79 Å². The number of rotatable bonds is 5. The molecule has 6 heteroatoms. The minimum Gasteiger partial charge on any atom is -0.345 e. The van der Waals surface area contributed by atoms with Crippen molar-refractivity contribution < 1.29 is 4.79 Å². The number of urea groups is 1. The number of carbonyl (C=O) groups is 1. The third-order valence-electron chi connectivity index (χ3n) is 3.86. The van der Waals surface area contributed by atoms with Crippen LogP contribution in [0.5, 0.6) is 0 Å². The van der Waals surface area contributed by atoms with Crippen LogP contribution in [0.2, 0.25) is 0 Å². The van der Waals surface area contributed by atoms with Gasteiger partial charge in [0.2, 0.25) is 0 Å². The highest BCUT2D eigenvalue weighted by molar-refractivity contribution is 5.74. The smallest absolute Gasteiger partial charge is 0.317 e. The molecule has 2 amide bonds. The summed E-state index contributed by atoms with van der Waals surface area (Å²) in [6.07, 6.45) is 5.18. The van der Waals surface area contributed by atoms with Crippen LogP contribution in [-0.4, -0.2) is 58.5 Å². The van der Waals surface area contributed by atoms with E-state index in [0.29, 0.717) is 6.54 Å². The monoisotopic (exact) mass is 293 g/mol. The molecule has 1 saturated heterocycles. The molecule has 21 heavy (non-hydrogen) atoms. The molecule has 0 radical (unpaired) electrons. The Bertz CT molecular complexity index is 457. The number of aryl methyl sites for hydroxylation is 1. The molecule has 0 bridgehead atoms. The maximum atomic E-state index is 12.2. The predicted molar refractivity (Wildman–Crippen MR) is 83.1 cm³/mol. The lowest BCUT2D eigenvalue weighted by atomic mass is 10.1. The van der Waals surface area contributed by atoms with Gasteiger partial charge >= 0.3 is 6.03 Å². The number of carbonyl (C=O) groups excluding carboxylic acids is 1. The van der Waals surface area contributed by atoms with Crippen LogP contribution >= 0.6 is 0 Å². The largest absolute Gasteiger partial charge is 0.345 e. The van der Waals surface area contributed by atoms with Crippen LogP contribution in [0.4, 0.5) is 4.79 Å². The molecular weight excluding hydrogens is 266 g/mol. The summed E-state index contributed by atoms with van der Waals surface area (Å²) in [5.74, 6) is 0.821. The van der Waals surface area contributed by atoms with E-state index >= 15 is 0 Å². The van der Waals surface area contributed by atoms with E-state index in [1.54, 1.807) is 18.1 Å². The molecule has 0 unspecified atom stereocenters. The van der Waals surface area contributed by atoms with Gasteiger partial charge in [-0.2, -0.15) is 0 Å². The number of aromatic nitrogens is 2. The molecule has 2 N–H and O–H groups in total. The van der Waals surface area contributed by atoms with E-state index in [1.165, 1.54) is 6.42 Å². The third kappa shape index (κ3) is 4.74. The summed E-state index contributed by atoms with van der Waals surface area (Å²) in [5.41, 5.74) is 1.02. The molecule has 1 fully saturated rings. The van der Waals surface area contributed by atoms with Gasteiger partial charge in [0.25, 0.3) is 0 Å². The van der Waals surface area contributed by atoms with Crippen molar-refractivity contribution >= 4 is 6.03 Å². The first-order valence-corrected chi connectivity index (χ1v) is 7.83. The van der Waals surface area contributed by atoms with Gasteiger partial charge in [-0.15, -0.1) is 0 Å². The molecule has 6 nitrogen and oxygen atoms in total. The van der Waals surface area contributed by atoms with Crippen LogP contribution in [0.1, 0.15) is 37.7 Å². The Morgan fingerprint density at radius 2 is 2.43 bits per heavy atom. The van der Waals surface area contributed by atoms with Crippen LogP contribution in [0.3, 0.4) is 0 Å². The Kier molecular flexibility index (Phi) is 5.61. The fourth-order valence-electron chi connectivity index (χ4n) is 2.82. The lowest BCUT2D eigenvalue weighted by molar-refractivity contribution is 0.171. The van der Waals surface area contributed by atoms with Gasteiger partial charge in [-0.05, 0) is 39.3 Å². The highest BCUT2D eigenvalue weighted by atomic mass is 16.2. The number of aromatic amines is 1. The first kappa shape index (κ1) is 15.8. The number of imidazole rings is 1. The topological polar surface area (TPSA) is 64.3 Å². The Morgan fingerprint density at radius 3 is 3.10 bits per heavy atom. The highest BCUT2D eigenvalue weighted by Crippen LogP contribution is 2.11. The SMILES string of the molecule is CCCN1CCC[C@@H](NC(=O)N(C)Cc2ncc(C)[nH]2)C1. The fourth-order valence-corrected chi connectivity index (χ4v) is 2.82. The average molecular weight is 293 g/mol. The maximum Gasteiger partial charge on any atom is 0.317 e. The zero-order valence-electron chi connectivity index (χ0n) is 13.4. The van der Waals surface area contributed by atoms with E-state index in [2.05, 4.69) is 27.1 Å². The molecule has 0 aromatic carbocycles. The van der Waals surface area contributed by atoms with Crippen molar-refractivity contribution in [3.05, 3.63) is 17.7 Å². The highest BCUT2D eigenvalue weighted by Gasteiger charge is 2.22. The summed E-state index contributed by atoms with van der Waals surface area (Å²) < 4.78 is 0. The number of hydrogen-bond donors (Lipinski definition) is 2. The van der Waals surface area contributed by atoms with Gasteiger partial charge in [0.1, 0.15) is 5.82 Å². The van der Waals surface area contributed by atoms with Gasteiger partial charge in [-0.1, -0.05) is 6.92 Å². The number of nitrogens with one attached hydrogen (secondary N) is 2. The Balaban J connectivity index is 1.80. The van der Waals surface area contributed by atoms with Gasteiger partial charge in [0.05, 0.1) is 6.54 Å². The molecule has 0 saturated carbocycles. The second kappa shape index (κ2) is 7.45. The minimum atomic E-state index is -0.0209. The van der Waals surface area contributed by atoms with Gasteiger partial charge in [-0.3, -0.25) is 0 Å². The standard InChI is InChI=1S/C15H27N5O/c1-4-7-20-8-5-6-13(10-20)18-15(21)19(3)11-14-16-9-12(2)17-14/h9,13H,4-8,10-11H2,1-3H3,(H,16,17)(H,18,21)/t13-/m1/s1.